The van der Waals surface area contributed by atoms with E-state index in [4.69, 9.17) is 10.3 Å². The fourth-order valence-corrected chi connectivity index (χ4v) is 3.22. The second-order valence-corrected chi connectivity index (χ2v) is 6.36. The average molecular weight is 358 g/mol. The summed E-state index contributed by atoms with van der Waals surface area (Å²) in [6, 6.07) is 2.40. The van der Waals surface area contributed by atoms with Crippen LogP contribution in [0.4, 0.5) is 8.78 Å². The zero-order valence-electron chi connectivity index (χ0n) is 11.4. The van der Waals surface area contributed by atoms with Crippen molar-refractivity contribution in [1.29, 1.82) is 0 Å². The molecule has 1 aromatic carbocycles. The Balaban J connectivity index is 2.01. The van der Waals surface area contributed by atoms with Crippen LogP contribution >= 0.6 is 15.9 Å². The highest BCUT2D eigenvalue weighted by Gasteiger charge is 2.42. The van der Waals surface area contributed by atoms with E-state index in [0.717, 1.165) is 25.3 Å². The molecule has 2 unspecified atom stereocenters. The van der Waals surface area contributed by atoms with Gasteiger partial charge in [-0.1, -0.05) is 11.6 Å². The second kappa shape index (κ2) is 5.14. The van der Waals surface area contributed by atoms with Gasteiger partial charge in [-0.05, 0) is 47.8 Å². The van der Waals surface area contributed by atoms with Crippen molar-refractivity contribution in [2.75, 3.05) is 0 Å². The molecule has 1 aromatic heterocycles. The molecule has 1 saturated carbocycles. The van der Waals surface area contributed by atoms with Gasteiger partial charge in [-0.15, -0.1) is 0 Å². The van der Waals surface area contributed by atoms with Crippen LogP contribution in [-0.4, -0.2) is 16.2 Å². The standard InChI is InChI=1S/C14H14BrF2N3O/c1-14(6-2-3-9(14)18)13-19-12(20-21-13)7-4-5-8(16)11(17)10(7)15/h4-5,9H,2-3,6,18H2,1H3. The Kier molecular flexibility index (Phi) is 3.57. The van der Waals surface area contributed by atoms with E-state index in [1.165, 1.54) is 6.07 Å². The van der Waals surface area contributed by atoms with Gasteiger partial charge < -0.3 is 10.3 Å². The van der Waals surface area contributed by atoms with Crippen LogP contribution in [0, 0.1) is 11.6 Å². The van der Waals surface area contributed by atoms with Gasteiger partial charge in [-0.3, -0.25) is 0 Å². The van der Waals surface area contributed by atoms with Crippen LogP contribution in [-0.2, 0) is 5.41 Å². The van der Waals surface area contributed by atoms with Crippen LogP contribution in [0.3, 0.4) is 0 Å². The number of hydrogen-bond donors (Lipinski definition) is 1. The third-order valence-electron chi connectivity index (χ3n) is 4.22. The molecule has 112 valence electrons. The van der Waals surface area contributed by atoms with Crippen LogP contribution in [0.15, 0.2) is 21.1 Å². The molecule has 2 atom stereocenters. The zero-order chi connectivity index (χ0) is 15.2. The van der Waals surface area contributed by atoms with Gasteiger partial charge >= 0.3 is 0 Å². The van der Waals surface area contributed by atoms with Crippen LogP contribution in [0.2, 0.25) is 0 Å². The molecule has 4 nitrogen and oxygen atoms in total. The molecule has 7 heteroatoms. The summed E-state index contributed by atoms with van der Waals surface area (Å²) in [6.07, 6.45) is 2.78. The Labute approximate surface area is 128 Å². The SMILES string of the molecule is CC1(c2nc(-c3ccc(F)c(F)c3Br)no2)CCCC1N. The predicted molar refractivity (Wildman–Crippen MR) is 76.5 cm³/mol. The second-order valence-electron chi connectivity index (χ2n) is 5.56. The predicted octanol–water partition coefficient (Wildman–Crippen LogP) is 3.55. The van der Waals surface area contributed by atoms with Crippen LogP contribution in [0.1, 0.15) is 32.1 Å². The normalized spacial score (nSPS) is 25.5. The molecule has 0 saturated heterocycles. The van der Waals surface area contributed by atoms with Gasteiger partial charge in [0, 0.05) is 11.6 Å². The maximum absolute atomic E-state index is 13.6. The lowest BCUT2D eigenvalue weighted by molar-refractivity contribution is 0.278. The van der Waals surface area contributed by atoms with Crippen molar-refractivity contribution in [3.63, 3.8) is 0 Å². The summed E-state index contributed by atoms with van der Waals surface area (Å²) in [5.74, 6) is -1.24. The molecule has 1 fully saturated rings. The maximum atomic E-state index is 13.6. The van der Waals surface area contributed by atoms with E-state index in [0.29, 0.717) is 11.5 Å². The highest BCUT2D eigenvalue weighted by Crippen LogP contribution is 2.40. The summed E-state index contributed by atoms with van der Waals surface area (Å²) >= 11 is 3.02. The molecular weight excluding hydrogens is 344 g/mol. The first-order valence-corrected chi connectivity index (χ1v) is 7.46. The van der Waals surface area contributed by atoms with Gasteiger partial charge in [0.15, 0.2) is 11.6 Å². The fraction of sp³-hybridized carbons (Fsp3) is 0.429. The van der Waals surface area contributed by atoms with Gasteiger partial charge in [0.25, 0.3) is 0 Å². The highest BCUT2D eigenvalue weighted by molar-refractivity contribution is 9.10. The number of halogens is 3. The minimum Gasteiger partial charge on any atom is -0.338 e. The van der Waals surface area contributed by atoms with Crippen molar-refractivity contribution in [1.82, 2.24) is 10.1 Å². The van der Waals surface area contributed by atoms with E-state index in [1.54, 1.807) is 0 Å². The molecule has 0 aliphatic heterocycles. The molecule has 0 radical (unpaired) electrons. The van der Waals surface area contributed by atoms with Crippen molar-refractivity contribution >= 4 is 15.9 Å². The number of hydrogen-bond acceptors (Lipinski definition) is 4. The van der Waals surface area contributed by atoms with Gasteiger partial charge in [0.2, 0.25) is 11.7 Å². The molecule has 1 aliphatic carbocycles. The minimum absolute atomic E-state index is 0.0178. The number of nitrogens with two attached hydrogens (primary N) is 1. The molecule has 2 aromatic rings. The number of aromatic nitrogens is 2. The first-order valence-electron chi connectivity index (χ1n) is 6.67. The molecule has 21 heavy (non-hydrogen) atoms. The first-order chi connectivity index (χ1) is 9.93. The molecule has 0 bridgehead atoms. The van der Waals surface area contributed by atoms with Crippen LogP contribution in [0.25, 0.3) is 11.4 Å². The molecular formula is C14H14BrF2N3O. The summed E-state index contributed by atoms with van der Waals surface area (Å²) < 4.78 is 32.1. The Morgan fingerprint density at radius 2 is 2.19 bits per heavy atom. The lowest BCUT2D eigenvalue weighted by Crippen LogP contribution is -2.38. The summed E-state index contributed by atoms with van der Waals surface area (Å²) in [4.78, 5) is 4.34. The Morgan fingerprint density at radius 3 is 2.86 bits per heavy atom. The summed E-state index contributed by atoms with van der Waals surface area (Å²) in [5, 5.41) is 3.88. The Morgan fingerprint density at radius 1 is 1.43 bits per heavy atom. The highest BCUT2D eigenvalue weighted by atomic mass is 79.9. The third kappa shape index (κ3) is 2.28. The van der Waals surface area contributed by atoms with E-state index >= 15 is 0 Å². The maximum Gasteiger partial charge on any atom is 0.234 e. The number of benzene rings is 1. The van der Waals surface area contributed by atoms with Crippen molar-refractivity contribution in [3.8, 4) is 11.4 Å². The van der Waals surface area contributed by atoms with Gasteiger partial charge in [0.05, 0.1) is 9.89 Å². The lowest BCUT2D eigenvalue weighted by atomic mass is 9.85. The summed E-state index contributed by atoms with van der Waals surface area (Å²) in [6.45, 7) is 1.99. The van der Waals surface area contributed by atoms with E-state index in [9.17, 15) is 8.78 Å². The number of nitrogens with zero attached hydrogens (tertiary/aromatic N) is 2. The van der Waals surface area contributed by atoms with Crippen molar-refractivity contribution in [3.05, 3.63) is 34.1 Å². The molecule has 3 rings (SSSR count). The monoisotopic (exact) mass is 357 g/mol. The van der Waals surface area contributed by atoms with Crippen molar-refractivity contribution in [2.45, 2.75) is 37.6 Å². The van der Waals surface area contributed by atoms with E-state index in [-0.39, 0.29) is 21.8 Å². The Hall–Kier alpha value is -1.34. The number of rotatable bonds is 2. The van der Waals surface area contributed by atoms with E-state index in [2.05, 4.69) is 26.1 Å². The zero-order valence-corrected chi connectivity index (χ0v) is 13.0. The van der Waals surface area contributed by atoms with Crippen molar-refractivity contribution < 1.29 is 13.3 Å². The van der Waals surface area contributed by atoms with Gasteiger partial charge in [-0.25, -0.2) is 8.78 Å². The molecule has 0 spiro atoms. The molecule has 1 aliphatic rings. The molecule has 0 amide bonds. The third-order valence-corrected chi connectivity index (χ3v) is 5.00. The molecule has 2 N–H and O–H groups in total. The van der Waals surface area contributed by atoms with Gasteiger partial charge in [-0.2, -0.15) is 4.98 Å². The minimum atomic E-state index is -0.970. The first kappa shape index (κ1) is 14.6. The Bertz CT molecular complexity index is 691. The van der Waals surface area contributed by atoms with Crippen LogP contribution < -0.4 is 5.73 Å². The lowest BCUT2D eigenvalue weighted by Gasteiger charge is -2.23. The van der Waals surface area contributed by atoms with Crippen LogP contribution in [0.5, 0.6) is 0 Å². The quantitative estimate of drug-likeness (QED) is 0.834. The summed E-state index contributed by atoms with van der Waals surface area (Å²) in [5.41, 5.74) is 6.10. The summed E-state index contributed by atoms with van der Waals surface area (Å²) in [7, 11) is 0. The van der Waals surface area contributed by atoms with Gasteiger partial charge in [0.1, 0.15) is 0 Å². The largest absolute Gasteiger partial charge is 0.338 e. The van der Waals surface area contributed by atoms with E-state index < -0.39 is 11.6 Å². The average Bonchev–Trinajstić information content (AvgIpc) is 3.06. The molecule has 1 heterocycles. The van der Waals surface area contributed by atoms with E-state index in [1.807, 2.05) is 6.92 Å². The van der Waals surface area contributed by atoms with Crippen molar-refractivity contribution in [2.24, 2.45) is 5.73 Å². The fourth-order valence-electron chi connectivity index (χ4n) is 2.72. The smallest absolute Gasteiger partial charge is 0.234 e. The topological polar surface area (TPSA) is 64.9 Å².